The average Bonchev–Trinajstić information content (AvgIpc) is 2.48. The molecule has 2 N–H and O–H groups in total. The summed E-state index contributed by atoms with van der Waals surface area (Å²) in [4.78, 5) is 0. The molecule has 0 aliphatic carbocycles. The topological polar surface area (TPSA) is 58.9 Å². The smallest absolute Gasteiger partial charge is 0.130 e. The third-order valence-corrected chi connectivity index (χ3v) is 3.51. The molecule has 0 aliphatic rings. The number of benzene rings is 1. The van der Waals surface area contributed by atoms with Crippen molar-refractivity contribution in [3.05, 3.63) is 29.8 Å². The zero-order chi connectivity index (χ0) is 15.8. The molecular weight excluding hydrogens is 268 g/mol. The standard InChI is InChI=1S/C17H26O4/c1-5-7-13(18)9-8-12(6-2)17-15(19)10-14(20-3)11-16(17)21-4/h8-13,18-19H,5-7H2,1-4H3/b9-8+. The highest BCUT2D eigenvalue weighted by Gasteiger charge is 2.18. The van der Waals surface area contributed by atoms with Crippen molar-refractivity contribution in [3.63, 3.8) is 0 Å². The van der Waals surface area contributed by atoms with Gasteiger partial charge in [0.15, 0.2) is 0 Å². The monoisotopic (exact) mass is 294 g/mol. The molecule has 0 radical (unpaired) electrons. The highest BCUT2D eigenvalue weighted by atomic mass is 16.5. The Kier molecular flexibility index (Phi) is 7.09. The lowest BCUT2D eigenvalue weighted by Crippen LogP contribution is -2.04. The Bertz CT molecular complexity index is 468. The number of aliphatic hydroxyl groups is 1. The first-order valence-corrected chi connectivity index (χ1v) is 7.38. The Labute approximate surface area is 127 Å². The van der Waals surface area contributed by atoms with E-state index < -0.39 is 6.10 Å². The van der Waals surface area contributed by atoms with Crippen molar-refractivity contribution in [2.24, 2.45) is 0 Å². The SMILES string of the molecule is CCCC(O)/C=C/C(CC)c1c(O)cc(OC)cc1OC. The summed E-state index contributed by atoms with van der Waals surface area (Å²) in [7, 11) is 3.12. The van der Waals surface area contributed by atoms with E-state index in [1.807, 2.05) is 19.9 Å². The molecule has 0 bridgehead atoms. The molecule has 0 aliphatic heterocycles. The van der Waals surface area contributed by atoms with Crippen LogP contribution in [0, 0.1) is 0 Å². The van der Waals surface area contributed by atoms with Gasteiger partial charge in [-0.05, 0) is 12.8 Å². The number of phenols is 1. The molecule has 1 aromatic carbocycles. The van der Waals surface area contributed by atoms with Gasteiger partial charge in [0.2, 0.25) is 0 Å². The van der Waals surface area contributed by atoms with Crippen LogP contribution in [-0.4, -0.2) is 30.5 Å². The van der Waals surface area contributed by atoms with Crippen LogP contribution < -0.4 is 9.47 Å². The number of methoxy groups -OCH3 is 2. The lowest BCUT2D eigenvalue weighted by Gasteiger charge is -2.18. The van der Waals surface area contributed by atoms with Crippen molar-refractivity contribution in [1.82, 2.24) is 0 Å². The summed E-state index contributed by atoms with van der Waals surface area (Å²) in [6, 6.07) is 3.34. The molecule has 0 saturated heterocycles. The van der Waals surface area contributed by atoms with E-state index in [2.05, 4.69) is 0 Å². The largest absolute Gasteiger partial charge is 0.507 e. The molecule has 118 valence electrons. The minimum Gasteiger partial charge on any atom is -0.507 e. The van der Waals surface area contributed by atoms with E-state index in [0.717, 1.165) is 24.8 Å². The van der Waals surface area contributed by atoms with Crippen LogP contribution in [0.3, 0.4) is 0 Å². The third-order valence-electron chi connectivity index (χ3n) is 3.51. The van der Waals surface area contributed by atoms with Gasteiger partial charge < -0.3 is 19.7 Å². The fraction of sp³-hybridized carbons (Fsp3) is 0.529. The lowest BCUT2D eigenvalue weighted by molar-refractivity contribution is 0.211. The van der Waals surface area contributed by atoms with Crippen LogP contribution in [0.15, 0.2) is 24.3 Å². The van der Waals surface area contributed by atoms with E-state index in [-0.39, 0.29) is 11.7 Å². The number of aliphatic hydroxyl groups excluding tert-OH is 1. The molecule has 4 nitrogen and oxygen atoms in total. The zero-order valence-corrected chi connectivity index (χ0v) is 13.3. The fourth-order valence-corrected chi connectivity index (χ4v) is 2.34. The summed E-state index contributed by atoms with van der Waals surface area (Å²) in [5.74, 6) is 1.27. The van der Waals surface area contributed by atoms with Gasteiger partial charge in [0, 0.05) is 23.6 Å². The van der Waals surface area contributed by atoms with E-state index in [0.29, 0.717) is 11.5 Å². The van der Waals surface area contributed by atoms with Gasteiger partial charge in [-0.25, -0.2) is 0 Å². The van der Waals surface area contributed by atoms with Crippen molar-refractivity contribution in [3.8, 4) is 17.2 Å². The van der Waals surface area contributed by atoms with Crippen LogP contribution in [-0.2, 0) is 0 Å². The van der Waals surface area contributed by atoms with Crippen molar-refractivity contribution in [1.29, 1.82) is 0 Å². The van der Waals surface area contributed by atoms with Gasteiger partial charge in [-0.3, -0.25) is 0 Å². The maximum Gasteiger partial charge on any atom is 0.130 e. The van der Waals surface area contributed by atoms with Gasteiger partial charge in [0.25, 0.3) is 0 Å². The minimum absolute atomic E-state index is 0.0163. The van der Waals surface area contributed by atoms with Gasteiger partial charge in [-0.1, -0.05) is 32.4 Å². The molecule has 4 heteroatoms. The van der Waals surface area contributed by atoms with Crippen LogP contribution in [0.4, 0.5) is 0 Å². The second-order valence-corrected chi connectivity index (χ2v) is 5.02. The molecule has 2 atom stereocenters. The molecule has 0 fully saturated rings. The summed E-state index contributed by atoms with van der Waals surface area (Å²) in [5.41, 5.74) is 0.723. The van der Waals surface area contributed by atoms with Crippen molar-refractivity contribution >= 4 is 0 Å². The molecule has 1 rings (SSSR count). The van der Waals surface area contributed by atoms with Gasteiger partial charge in [0.05, 0.1) is 20.3 Å². The average molecular weight is 294 g/mol. The summed E-state index contributed by atoms with van der Waals surface area (Å²) in [5, 5.41) is 20.1. The second kappa shape index (κ2) is 8.57. The van der Waals surface area contributed by atoms with Gasteiger partial charge in [-0.15, -0.1) is 0 Å². The molecule has 0 spiro atoms. The van der Waals surface area contributed by atoms with Crippen LogP contribution >= 0.6 is 0 Å². The van der Waals surface area contributed by atoms with Crippen LogP contribution in [0.2, 0.25) is 0 Å². The number of ether oxygens (including phenoxy) is 2. The van der Waals surface area contributed by atoms with Crippen molar-refractivity contribution in [2.45, 2.75) is 45.1 Å². The molecule has 0 heterocycles. The maximum absolute atomic E-state index is 10.2. The molecule has 0 saturated carbocycles. The minimum atomic E-state index is -0.449. The summed E-state index contributed by atoms with van der Waals surface area (Å²) < 4.78 is 10.5. The molecular formula is C17H26O4. The Balaban J connectivity index is 3.10. The summed E-state index contributed by atoms with van der Waals surface area (Å²) >= 11 is 0. The van der Waals surface area contributed by atoms with Gasteiger partial charge in [0.1, 0.15) is 17.2 Å². The normalized spacial score (nSPS) is 14.1. The van der Waals surface area contributed by atoms with Crippen LogP contribution in [0.25, 0.3) is 0 Å². The van der Waals surface area contributed by atoms with E-state index >= 15 is 0 Å². The second-order valence-electron chi connectivity index (χ2n) is 5.02. The summed E-state index contributed by atoms with van der Waals surface area (Å²) in [6.45, 7) is 4.07. The Morgan fingerprint density at radius 3 is 2.38 bits per heavy atom. The van der Waals surface area contributed by atoms with E-state index in [9.17, 15) is 10.2 Å². The molecule has 1 aromatic rings. The predicted molar refractivity (Wildman–Crippen MR) is 84.3 cm³/mol. The first kappa shape index (κ1) is 17.4. The highest BCUT2D eigenvalue weighted by Crippen LogP contribution is 2.40. The zero-order valence-electron chi connectivity index (χ0n) is 13.3. The number of aromatic hydroxyl groups is 1. The van der Waals surface area contributed by atoms with E-state index in [4.69, 9.17) is 9.47 Å². The van der Waals surface area contributed by atoms with E-state index in [1.54, 1.807) is 32.4 Å². The highest BCUT2D eigenvalue weighted by molar-refractivity contribution is 5.53. The van der Waals surface area contributed by atoms with Crippen LogP contribution in [0.1, 0.15) is 44.6 Å². The van der Waals surface area contributed by atoms with Crippen molar-refractivity contribution < 1.29 is 19.7 Å². The molecule has 21 heavy (non-hydrogen) atoms. The lowest BCUT2D eigenvalue weighted by atomic mass is 9.93. The molecule has 0 aromatic heterocycles. The maximum atomic E-state index is 10.2. The van der Waals surface area contributed by atoms with Gasteiger partial charge in [-0.2, -0.15) is 0 Å². The number of hydrogen-bond donors (Lipinski definition) is 2. The van der Waals surface area contributed by atoms with E-state index in [1.165, 1.54) is 0 Å². The molecule has 2 unspecified atom stereocenters. The Morgan fingerprint density at radius 1 is 1.14 bits per heavy atom. The Morgan fingerprint density at radius 2 is 1.86 bits per heavy atom. The first-order chi connectivity index (χ1) is 10.1. The summed E-state index contributed by atoms with van der Waals surface area (Å²) in [6.07, 6.45) is 5.74. The quantitative estimate of drug-likeness (QED) is 0.719. The predicted octanol–water partition coefficient (Wildman–Crippen LogP) is 3.62. The molecule has 0 amide bonds. The Hall–Kier alpha value is -1.68. The van der Waals surface area contributed by atoms with Crippen molar-refractivity contribution in [2.75, 3.05) is 14.2 Å². The van der Waals surface area contributed by atoms with Crippen LogP contribution in [0.5, 0.6) is 17.2 Å². The number of hydrogen-bond acceptors (Lipinski definition) is 4. The fourth-order valence-electron chi connectivity index (χ4n) is 2.34. The number of phenolic OH excluding ortho intramolecular Hbond substituents is 1. The number of allylic oxidation sites excluding steroid dienone is 1. The third kappa shape index (κ3) is 4.67. The number of rotatable bonds is 8. The van der Waals surface area contributed by atoms with Gasteiger partial charge >= 0.3 is 0 Å². The first-order valence-electron chi connectivity index (χ1n) is 7.38.